The second-order valence-corrected chi connectivity index (χ2v) is 5.41. The molecular formula is C15H25N3. The van der Waals surface area contributed by atoms with Gasteiger partial charge in [-0.2, -0.15) is 0 Å². The molecule has 1 aromatic heterocycles. The summed E-state index contributed by atoms with van der Waals surface area (Å²) in [4.78, 5) is 6.99. The van der Waals surface area contributed by atoms with Gasteiger partial charge >= 0.3 is 0 Å². The second-order valence-electron chi connectivity index (χ2n) is 5.41. The molecule has 2 heterocycles. The predicted octanol–water partition coefficient (Wildman–Crippen LogP) is 2.60. The van der Waals surface area contributed by atoms with Crippen molar-refractivity contribution in [3.8, 4) is 0 Å². The maximum atomic E-state index is 5.96. The van der Waals surface area contributed by atoms with E-state index < -0.39 is 0 Å². The molecule has 2 N–H and O–H groups in total. The van der Waals surface area contributed by atoms with E-state index in [1.807, 2.05) is 6.20 Å². The van der Waals surface area contributed by atoms with Gasteiger partial charge in [0.25, 0.3) is 0 Å². The monoisotopic (exact) mass is 247 g/mol. The molecule has 1 fully saturated rings. The third-order valence-corrected chi connectivity index (χ3v) is 4.02. The van der Waals surface area contributed by atoms with Gasteiger partial charge in [-0.05, 0) is 36.8 Å². The summed E-state index contributed by atoms with van der Waals surface area (Å²) in [6, 6.07) is 4.58. The number of nitrogens with zero attached hydrogens (tertiary/aromatic N) is 2. The van der Waals surface area contributed by atoms with Crippen LogP contribution in [0, 0.1) is 5.92 Å². The highest BCUT2D eigenvalue weighted by Crippen LogP contribution is 2.24. The van der Waals surface area contributed by atoms with Crippen molar-refractivity contribution in [1.29, 1.82) is 0 Å². The molecule has 1 aliphatic heterocycles. The number of anilines is 1. The molecule has 100 valence electrons. The Kier molecular flexibility index (Phi) is 4.59. The molecule has 0 saturated carbocycles. The van der Waals surface area contributed by atoms with Crippen LogP contribution in [0.5, 0.6) is 0 Å². The summed E-state index contributed by atoms with van der Waals surface area (Å²) in [5.74, 6) is 1.97. The molecule has 1 aliphatic rings. The van der Waals surface area contributed by atoms with Crippen molar-refractivity contribution in [1.82, 2.24) is 4.98 Å². The van der Waals surface area contributed by atoms with Crippen molar-refractivity contribution in [3.63, 3.8) is 0 Å². The zero-order valence-corrected chi connectivity index (χ0v) is 11.6. The maximum Gasteiger partial charge on any atom is 0.128 e. The molecule has 3 nitrogen and oxygen atoms in total. The van der Waals surface area contributed by atoms with Crippen LogP contribution in [0.4, 0.5) is 5.82 Å². The number of pyridine rings is 1. The molecule has 18 heavy (non-hydrogen) atoms. The lowest BCUT2D eigenvalue weighted by molar-refractivity contribution is 0.568. The lowest BCUT2D eigenvalue weighted by Gasteiger charge is -2.17. The summed E-state index contributed by atoms with van der Waals surface area (Å²) in [6.45, 7) is 6.72. The van der Waals surface area contributed by atoms with Crippen LogP contribution in [-0.4, -0.2) is 24.1 Å². The van der Waals surface area contributed by atoms with Crippen LogP contribution in [0.3, 0.4) is 0 Å². The van der Waals surface area contributed by atoms with E-state index in [0.717, 1.165) is 37.7 Å². The number of nitrogens with two attached hydrogens (primary N) is 1. The van der Waals surface area contributed by atoms with Gasteiger partial charge in [0.15, 0.2) is 0 Å². The Balaban J connectivity index is 1.95. The maximum absolute atomic E-state index is 5.96. The second kappa shape index (κ2) is 6.19. The summed E-state index contributed by atoms with van der Waals surface area (Å²) in [5, 5.41) is 0. The van der Waals surface area contributed by atoms with Crippen LogP contribution < -0.4 is 10.6 Å². The number of aromatic nitrogens is 1. The molecule has 2 rings (SSSR count). The average molecular weight is 247 g/mol. The van der Waals surface area contributed by atoms with Crippen LogP contribution in [-0.2, 0) is 6.42 Å². The summed E-state index contributed by atoms with van der Waals surface area (Å²) < 4.78 is 0. The minimum atomic E-state index is 0.258. The first-order valence-corrected chi connectivity index (χ1v) is 7.18. The van der Waals surface area contributed by atoms with Gasteiger partial charge in [0.2, 0.25) is 0 Å². The first kappa shape index (κ1) is 13.3. The largest absolute Gasteiger partial charge is 0.356 e. The van der Waals surface area contributed by atoms with Gasteiger partial charge in [0.1, 0.15) is 5.82 Å². The molecular weight excluding hydrogens is 222 g/mol. The zero-order valence-electron chi connectivity index (χ0n) is 11.6. The van der Waals surface area contributed by atoms with Crippen molar-refractivity contribution in [2.24, 2.45) is 11.7 Å². The summed E-state index contributed by atoms with van der Waals surface area (Å²) in [6.07, 6.45) is 6.53. The number of rotatable bonds is 5. The van der Waals surface area contributed by atoms with E-state index in [4.69, 9.17) is 5.73 Å². The van der Waals surface area contributed by atoms with Crippen molar-refractivity contribution >= 4 is 5.82 Å². The first-order valence-electron chi connectivity index (χ1n) is 7.18. The quantitative estimate of drug-likeness (QED) is 0.869. The molecule has 0 bridgehead atoms. The van der Waals surface area contributed by atoms with Gasteiger partial charge < -0.3 is 10.6 Å². The fourth-order valence-corrected chi connectivity index (χ4v) is 2.55. The van der Waals surface area contributed by atoms with Gasteiger partial charge in [-0.3, -0.25) is 0 Å². The van der Waals surface area contributed by atoms with Gasteiger partial charge in [0, 0.05) is 25.3 Å². The van der Waals surface area contributed by atoms with E-state index >= 15 is 0 Å². The Labute approximate surface area is 110 Å². The van der Waals surface area contributed by atoms with E-state index in [9.17, 15) is 0 Å². The Morgan fingerprint density at radius 2 is 2.28 bits per heavy atom. The highest BCUT2D eigenvalue weighted by Gasteiger charge is 2.21. The molecule has 0 amide bonds. The van der Waals surface area contributed by atoms with Crippen molar-refractivity contribution in [2.75, 3.05) is 18.0 Å². The van der Waals surface area contributed by atoms with Gasteiger partial charge in [0.05, 0.1) is 0 Å². The van der Waals surface area contributed by atoms with E-state index in [0.29, 0.717) is 0 Å². The minimum absolute atomic E-state index is 0.258. The van der Waals surface area contributed by atoms with E-state index in [2.05, 4.69) is 35.9 Å². The Morgan fingerprint density at radius 1 is 1.44 bits per heavy atom. The lowest BCUT2D eigenvalue weighted by atomic mass is 10.1. The van der Waals surface area contributed by atoms with Crippen molar-refractivity contribution in [3.05, 3.63) is 23.9 Å². The lowest BCUT2D eigenvalue weighted by Crippen LogP contribution is -2.22. The highest BCUT2D eigenvalue weighted by atomic mass is 15.2. The smallest absolute Gasteiger partial charge is 0.128 e. The van der Waals surface area contributed by atoms with Crippen LogP contribution in [0.15, 0.2) is 18.3 Å². The average Bonchev–Trinajstić information content (AvgIpc) is 2.88. The normalized spacial score (nSPS) is 21.3. The third-order valence-electron chi connectivity index (χ3n) is 4.02. The van der Waals surface area contributed by atoms with Gasteiger partial charge in [-0.15, -0.1) is 0 Å². The Hall–Kier alpha value is -1.09. The summed E-state index contributed by atoms with van der Waals surface area (Å²) in [5.41, 5.74) is 7.21. The molecule has 0 aliphatic carbocycles. The molecule has 1 aromatic rings. The zero-order chi connectivity index (χ0) is 13.0. The van der Waals surface area contributed by atoms with E-state index in [1.54, 1.807) is 0 Å². The fraction of sp³-hybridized carbons (Fsp3) is 0.667. The van der Waals surface area contributed by atoms with Crippen LogP contribution in [0.2, 0.25) is 0 Å². The van der Waals surface area contributed by atoms with Crippen molar-refractivity contribution in [2.45, 2.75) is 45.6 Å². The third kappa shape index (κ3) is 3.22. The molecule has 1 saturated heterocycles. The first-order chi connectivity index (χ1) is 8.72. The topological polar surface area (TPSA) is 42.1 Å². The predicted molar refractivity (Wildman–Crippen MR) is 76.8 cm³/mol. The van der Waals surface area contributed by atoms with Gasteiger partial charge in [-0.1, -0.05) is 26.3 Å². The standard InChI is InChI=1S/C15H25N3/c1-3-12-7-8-18(11-12)15-6-5-13(10-17-15)9-14(16)4-2/h5-6,10,12,14H,3-4,7-9,11,16H2,1-2H3. The van der Waals surface area contributed by atoms with E-state index in [-0.39, 0.29) is 6.04 Å². The van der Waals surface area contributed by atoms with Crippen molar-refractivity contribution < 1.29 is 0 Å². The minimum Gasteiger partial charge on any atom is -0.356 e. The summed E-state index contributed by atoms with van der Waals surface area (Å²) in [7, 11) is 0. The molecule has 2 unspecified atom stereocenters. The van der Waals surface area contributed by atoms with Crippen LogP contribution >= 0.6 is 0 Å². The molecule has 3 heteroatoms. The highest BCUT2D eigenvalue weighted by molar-refractivity contribution is 5.40. The SMILES string of the molecule is CCC(N)Cc1ccc(N2CCC(CC)C2)nc1. The number of hydrogen-bond acceptors (Lipinski definition) is 3. The molecule has 2 atom stereocenters. The van der Waals surface area contributed by atoms with Crippen LogP contribution in [0.25, 0.3) is 0 Å². The molecule has 0 radical (unpaired) electrons. The van der Waals surface area contributed by atoms with Gasteiger partial charge in [-0.25, -0.2) is 4.98 Å². The number of hydrogen-bond donors (Lipinski definition) is 1. The van der Waals surface area contributed by atoms with Crippen LogP contribution in [0.1, 0.15) is 38.7 Å². The Bertz CT molecular complexity index is 361. The fourth-order valence-electron chi connectivity index (χ4n) is 2.55. The molecule has 0 aromatic carbocycles. The molecule has 0 spiro atoms. The Morgan fingerprint density at radius 3 is 2.83 bits per heavy atom. The van der Waals surface area contributed by atoms with E-state index in [1.165, 1.54) is 18.4 Å². The summed E-state index contributed by atoms with van der Waals surface area (Å²) >= 11 is 0.